The van der Waals surface area contributed by atoms with Gasteiger partial charge in [0.05, 0.1) is 23.9 Å². The summed E-state index contributed by atoms with van der Waals surface area (Å²) in [4.78, 5) is 11.9. The molecule has 0 bridgehead atoms. The van der Waals surface area contributed by atoms with E-state index < -0.39 is 0 Å². The van der Waals surface area contributed by atoms with Gasteiger partial charge in [0, 0.05) is 11.8 Å². The van der Waals surface area contributed by atoms with E-state index in [1.165, 1.54) is 6.20 Å². The number of hydrogen-bond acceptors (Lipinski definition) is 3. The maximum atomic E-state index is 11.9. The Morgan fingerprint density at radius 2 is 2.28 bits per heavy atom. The molecule has 0 aromatic carbocycles. The van der Waals surface area contributed by atoms with E-state index >= 15 is 0 Å². The Morgan fingerprint density at radius 1 is 1.56 bits per heavy atom. The van der Waals surface area contributed by atoms with Crippen LogP contribution in [-0.4, -0.2) is 22.2 Å². The first-order valence-electron chi connectivity index (χ1n) is 5.85. The van der Waals surface area contributed by atoms with Crippen molar-refractivity contribution in [2.45, 2.75) is 20.8 Å². The lowest BCUT2D eigenvalue weighted by molar-refractivity contribution is 0.0525. The molecule has 0 saturated heterocycles. The molecule has 2 aromatic rings. The van der Waals surface area contributed by atoms with Crippen LogP contribution in [0.15, 0.2) is 25.0 Å². The largest absolute Gasteiger partial charge is 0.462 e. The second kappa shape index (κ2) is 4.64. The number of carbonyl (C=O) groups is 1. The predicted molar refractivity (Wildman–Crippen MR) is 70.6 cm³/mol. The molecule has 0 aliphatic carbocycles. The monoisotopic (exact) mass is 244 g/mol. The number of hydrogen-bond donors (Lipinski definition) is 0. The number of allylic oxidation sites excluding steroid dienone is 1. The number of ether oxygens (including phenoxy) is 1. The fourth-order valence-electron chi connectivity index (χ4n) is 2.00. The van der Waals surface area contributed by atoms with Gasteiger partial charge in [-0.3, -0.25) is 0 Å². The van der Waals surface area contributed by atoms with Crippen LogP contribution in [-0.2, 0) is 4.74 Å². The van der Waals surface area contributed by atoms with E-state index in [2.05, 4.69) is 11.7 Å². The van der Waals surface area contributed by atoms with Crippen LogP contribution in [0.5, 0.6) is 0 Å². The van der Waals surface area contributed by atoms with Gasteiger partial charge < -0.3 is 4.74 Å². The van der Waals surface area contributed by atoms with Crippen molar-refractivity contribution in [2.75, 3.05) is 6.61 Å². The zero-order valence-electron chi connectivity index (χ0n) is 10.9. The summed E-state index contributed by atoms with van der Waals surface area (Å²) in [7, 11) is 0. The molecule has 94 valence electrons. The van der Waals surface area contributed by atoms with Crippen molar-refractivity contribution < 1.29 is 9.53 Å². The highest BCUT2D eigenvalue weighted by molar-refractivity contribution is 5.98. The summed E-state index contributed by atoms with van der Waals surface area (Å²) < 4.78 is 6.80. The second-order valence-corrected chi connectivity index (χ2v) is 4.28. The zero-order valence-corrected chi connectivity index (χ0v) is 10.9. The minimum atomic E-state index is -0.357. The van der Waals surface area contributed by atoms with Crippen molar-refractivity contribution >= 4 is 17.1 Å². The molecule has 0 aliphatic heterocycles. The summed E-state index contributed by atoms with van der Waals surface area (Å²) in [5.41, 5.74) is 4.06. The van der Waals surface area contributed by atoms with Gasteiger partial charge in [-0.05, 0) is 38.0 Å². The highest BCUT2D eigenvalue weighted by atomic mass is 16.5. The van der Waals surface area contributed by atoms with E-state index in [0.29, 0.717) is 12.2 Å². The van der Waals surface area contributed by atoms with Crippen LogP contribution in [0.1, 0.15) is 35.3 Å². The molecule has 0 N–H and O–H groups in total. The number of nitrogens with zero attached hydrogens (tertiary/aromatic N) is 2. The first-order chi connectivity index (χ1) is 8.54. The van der Waals surface area contributed by atoms with E-state index in [1.54, 1.807) is 11.4 Å². The lowest BCUT2D eigenvalue weighted by atomic mass is 10.0. The van der Waals surface area contributed by atoms with Crippen LogP contribution in [0, 0.1) is 6.92 Å². The number of carbonyl (C=O) groups excluding carboxylic acids is 1. The van der Waals surface area contributed by atoms with E-state index in [-0.39, 0.29) is 5.97 Å². The fraction of sp³-hybridized carbons (Fsp3) is 0.286. The second-order valence-electron chi connectivity index (χ2n) is 4.28. The third-order valence-electron chi connectivity index (χ3n) is 2.70. The smallest absolute Gasteiger partial charge is 0.340 e. The first kappa shape index (κ1) is 12.4. The third kappa shape index (κ3) is 2.01. The molecule has 0 atom stereocenters. The van der Waals surface area contributed by atoms with Crippen LogP contribution in [0.3, 0.4) is 0 Å². The Labute approximate surface area is 106 Å². The molecule has 0 spiro atoms. The molecule has 0 radical (unpaired) electrons. The lowest BCUT2D eigenvalue weighted by Gasteiger charge is -2.10. The van der Waals surface area contributed by atoms with Gasteiger partial charge in [0.15, 0.2) is 0 Å². The summed E-state index contributed by atoms with van der Waals surface area (Å²) in [6.45, 7) is 9.93. The summed E-state index contributed by atoms with van der Waals surface area (Å²) in [5, 5.41) is 4.22. The van der Waals surface area contributed by atoms with Crippen molar-refractivity contribution in [3.63, 3.8) is 0 Å². The molecular weight excluding hydrogens is 228 g/mol. The molecule has 4 nitrogen and oxygen atoms in total. The topological polar surface area (TPSA) is 43.6 Å². The van der Waals surface area contributed by atoms with Crippen molar-refractivity contribution in [2.24, 2.45) is 0 Å². The Kier molecular flexibility index (Phi) is 3.19. The van der Waals surface area contributed by atoms with Crippen LogP contribution in [0.25, 0.3) is 11.1 Å². The summed E-state index contributed by atoms with van der Waals surface area (Å²) in [6.07, 6.45) is 3.45. The van der Waals surface area contributed by atoms with Gasteiger partial charge in [-0.2, -0.15) is 5.10 Å². The lowest BCUT2D eigenvalue weighted by Crippen LogP contribution is -2.10. The number of aromatic nitrogens is 2. The molecule has 0 aliphatic rings. The van der Waals surface area contributed by atoms with E-state index in [9.17, 15) is 4.79 Å². The van der Waals surface area contributed by atoms with Crippen LogP contribution in [0.2, 0.25) is 0 Å². The van der Waals surface area contributed by atoms with Gasteiger partial charge >= 0.3 is 5.97 Å². The van der Waals surface area contributed by atoms with E-state index in [0.717, 1.165) is 22.2 Å². The molecule has 4 heteroatoms. The number of esters is 1. The summed E-state index contributed by atoms with van der Waals surface area (Å²) in [5.74, 6) is -0.357. The van der Waals surface area contributed by atoms with Gasteiger partial charge in [-0.15, -0.1) is 0 Å². The number of rotatable bonds is 3. The van der Waals surface area contributed by atoms with Gasteiger partial charge in [-0.1, -0.05) is 6.58 Å². The van der Waals surface area contributed by atoms with Gasteiger partial charge in [0.2, 0.25) is 0 Å². The Hall–Kier alpha value is -2.10. The average molecular weight is 244 g/mol. The fourth-order valence-corrected chi connectivity index (χ4v) is 2.00. The Bertz CT molecular complexity index is 626. The minimum Gasteiger partial charge on any atom is -0.462 e. The first-order valence-corrected chi connectivity index (χ1v) is 5.85. The summed E-state index contributed by atoms with van der Waals surface area (Å²) in [6, 6.07) is 1.99. The highest BCUT2D eigenvalue weighted by Crippen LogP contribution is 2.24. The Morgan fingerprint density at radius 3 is 2.89 bits per heavy atom. The summed E-state index contributed by atoms with van der Waals surface area (Å²) >= 11 is 0. The van der Waals surface area contributed by atoms with E-state index in [1.807, 2.05) is 26.1 Å². The Balaban J connectivity index is 2.70. The van der Waals surface area contributed by atoms with Crippen molar-refractivity contribution in [1.82, 2.24) is 9.61 Å². The zero-order chi connectivity index (χ0) is 13.3. The molecule has 0 amide bonds. The SMILES string of the molecule is C=C(C)c1c(C(=O)OCC)cnn2cc(C)cc12. The van der Waals surface area contributed by atoms with Crippen LogP contribution < -0.4 is 0 Å². The minimum absolute atomic E-state index is 0.347. The number of fused-ring (bicyclic) bond motifs is 1. The maximum absolute atomic E-state index is 11.9. The maximum Gasteiger partial charge on any atom is 0.340 e. The van der Waals surface area contributed by atoms with Crippen molar-refractivity contribution in [3.05, 3.63) is 41.7 Å². The predicted octanol–water partition coefficient (Wildman–Crippen LogP) is 2.85. The van der Waals surface area contributed by atoms with Crippen LogP contribution >= 0.6 is 0 Å². The molecule has 0 saturated carbocycles. The standard InChI is InChI=1S/C14H16N2O2/c1-5-18-14(17)11-7-15-16-8-10(4)6-12(16)13(11)9(2)3/h6-8H,2,5H2,1,3-4H3. The molecule has 2 heterocycles. The van der Waals surface area contributed by atoms with Gasteiger partial charge in [0.25, 0.3) is 0 Å². The third-order valence-corrected chi connectivity index (χ3v) is 2.70. The molecule has 0 unspecified atom stereocenters. The molecule has 0 fully saturated rings. The van der Waals surface area contributed by atoms with Crippen molar-refractivity contribution in [1.29, 1.82) is 0 Å². The van der Waals surface area contributed by atoms with Crippen LogP contribution in [0.4, 0.5) is 0 Å². The normalized spacial score (nSPS) is 10.6. The quantitative estimate of drug-likeness (QED) is 0.780. The molecule has 2 rings (SSSR count). The highest BCUT2D eigenvalue weighted by Gasteiger charge is 2.17. The average Bonchev–Trinajstić information content (AvgIpc) is 2.67. The number of aryl methyl sites for hydroxylation is 1. The van der Waals surface area contributed by atoms with E-state index in [4.69, 9.17) is 4.74 Å². The van der Waals surface area contributed by atoms with Gasteiger partial charge in [-0.25, -0.2) is 9.31 Å². The molecule has 2 aromatic heterocycles. The van der Waals surface area contributed by atoms with Crippen molar-refractivity contribution in [3.8, 4) is 0 Å². The van der Waals surface area contributed by atoms with Gasteiger partial charge in [0.1, 0.15) is 0 Å². The molecule has 18 heavy (non-hydrogen) atoms. The molecular formula is C14H16N2O2.